The number of halogens is 1. The van der Waals surface area contributed by atoms with Crippen molar-refractivity contribution >= 4 is 17.5 Å². The molecule has 5 atom stereocenters. The van der Waals surface area contributed by atoms with Crippen molar-refractivity contribution in [2.24, 2.45) is 11.3 Å². The van der Waals surface area contributed by atoms with E-state index in [4.69, 9.17) is 18.6 Å². The van der Waals surface area contributed by atoms with Crippen molar-refractivity contribution in [1.82, 2.24) is 20.6 Å². The summed E-state index contributed by atoms with van der Waals surface area (Å²) in [6.45, 7) is 9.09. The summed E-state index contributed by atoms with van der Waals surface area (Å²) < 4.78 is 34.0. The van der Waals surface area contributed by atoms with Gasteiger partial charge in [-0.2, -0.15) is 10.2 Å². The fraction of sp³-hybridized carbons (Fsp3) is 0.382. The van der Waals surface area contributed by atoms with Crippen LogP contribution in [0.25, 0.3) is 11.6 Å². The maximum absolute atomic E-state index is 15.1. The first-order valence-electron chi connectivity index (χ1n) is 15.3. The van der Waals surface area contributed by atoms with Gasteiger partial charge in [0.05, 0.1) is 0 Å². The first kappa shape index (κ1) is 30.4. The van der Waals surface area contributed by atoms with Crippen LogP contribution >= 0.6 is 0 Å². The van der Waals surface area contributed by atoms with E-state index in [0.717, 1.165) is 0 Å². The fourth-order valence-electron chi connectivity index (χ4n) is 6.57. The topological polar surface area (TPSA) is 176 Å². The molecular weight excluding hydrogens is 607 g/mol. The van der Waals surface area contributed by atoms with E-state index < -0.39 is 52.9 Å². The molecule has 3 aliphatic heterocycles. The van der Waals surface area contributed by atoms with Crippen LogP contribution in [-0.4, -0.2) is 45.3 Å². The summed E-state index contributed by atoms with van der Waals surface area (Å²) in [5, 5.41) is 29.2. The van der Waals surface area contributed by atoms with Gasteiger partial charge in [-0.05, 0) is 41.2 Å². The smallest absolute Gasteiger partial charge is 0.250 e. The number of nitrogens with zero attached hydrogens (tertiary/aromatic N) is 3. The molecule has 0 saturated heterocycles. The van der Waals surface area contributed by atoms with Crippen molar-refractivity contribution in [2.75, 3.05) is 5.32 Å². The van der Waals surface area contributed by atoms with Crippen molar-refractivity contribution in [2.45, 2.75) is 70.9 Å². The number of hydrogen-bond donors (Lipinski definition) is 4. The van der Waals surface area contributed by atoms with Gasteiger partial charge < -0.3 is 34.6 Å². The Hall–Kier alpha value is -5.22. The second kappa shape index (κ2) is 10.7. The molecule has 2 amide bonds. The lowest BCUT2D eigenvalue weighted by molar-refractivity contribution is -0.136. The molecule has 0 saturated carbocycles. The number of aliphatic hydroxyl groups excluding tert-OH is 1. The summed E-state index contributed by atoms with van der Waals surface area (Å²) in [7, 11) is 0. The molecule has 2 aromatic heterocycles. The Kier molecular flexibility index (Phi) is 6.91. The number of ether oxygens (including phenoxy) is 1. The van der Waals surface area contributed by atoms with Gasteiger partial charge in [-0.1, -0.05) is 46.8 Å². The van der Waals surface area contributed by atoms with E-state index in [2.05, 4.69) is 20.9 Å². The number of oxazole rings is 2. The highest BCUT2D eigenvalue weighted by molar-refractivity contribution is 5.90. The third-order valence-electron chi connectivity index (χ3n) is 9.00. The van der Waals surface area contributed by atoms with Crippen LogP contribution in [0.3, 0.4) is 0 Å². The van der Waals surface area contributed by atoms with E-state index in [-0.39, 0.29) is 41.3 Å². The Balaban J connectivity index is 1.51. The lowest BCUT2D eigenvalue weighted by Crippen LogP contribution is -2.53. The number of nitriles is 1. The quantitative estimate of drug-likeness (QED) is 0.254. The van der Waals surface area contributed by atoms with Crippen LogP contribution in [0.1, 0.15) is 74.7 Å². The number of fused-ring (bicyclic) bond motifs is 4. The van der Waals surface area contributed by atoms with Crippen molar-refractivity contribution in [3.63, 3.8) is 0 Å². The zero-order valence-corrected chi connectivity index (χ0v) is 26.3. The van der Waals surface area contributed by atoms with Gasteiger partial charge in [0.25, 0.3) is 0 Å². The van der Waals surface area contributed by atoms with Gasteiger partial charge in [0, 0.05) is 23.2 Å². The summed E-state index contributed by atoms with van der Waals surface area (Å²) in [5.74, 6) is -1.24. The van der Waals surface area contributed by atoms with E-state index >= 15 is 4.39 Å². The molecule has 47 heavy (non-hydrogen) atoms. The maximum atomic E-state index is 15.1. The van der Waals surface area contributed by atoms with E-state index in [1.807, 2.05) is 32.9 Å². The maximum Gasteiger partial charge on any atom is 0.250 e. The van der Waals surface area contributed by atoms with Gasteiger partial charge >= 0.3 is 0 Å². The fourth-order valence-corrected chi connectivity index (χ4v) is 6.57. The number of rotatable bonds is 4. The number of aromatic nitrogens is 2. The third-order valence-corrected chi connectivity index (χ3v) is 9.00. The Morgan fingerprint density at radius 1 is 1.17 bits per heavy atom. The lowest BCUT2D eigenvalue weighted by Gasteiger charge is -2.32. The molecule has 4 aromatic rings. The predicted molar refractivity (Wildman–Crippen MR) is 164 cm³/mol. The zero-order valence-electron chi connectivity index (χ0n) is 26.3. The number of benzene rings is 2. The normalized spacial score (nSPS) is 23.3. The first-order chi connectivity index (χ1) is 22.3. The molecular formula is C34H33FN6O6. The zero-order chi connectivity index (χ0) is 33.4. The first-order valence-corrected chi connectivity index (χ1v) is 15.3. The largest absolute Gasteiger partial charge is 0.469 e. The van der Waals surface area contributed by atoms with Crippen LogP contribution in [0.2, 0.25) is 0 Å². The standard InChI is InChI=1S/C34H33FN6O6/c1-15(2)25(42)29(44)38-22-11-16-6-9-23-20(10-16)34(19-12-17(35)7-8-21(19)39-32(34)46-23)27-24(30-37-18(13-36)14-45-30)40-31(47-27)26(33(3,4)5)41-28(22)43/h6-10,12,14-15,22,25-26,32,39,42H,11H2,1-5H3,(H,38,44)(H,41,43)/t22-,25-,26?,32-,34?/m0/s1. The summed E-state index contributed by atoms with van der Waals surface area (Å²) >= 11 is 0. The van der Waals surface area contributed by atoms with E-state index in [9.17, 15) is 20.0 Å². The molecule has 7 rings (SSSR count). The number of carbonyl (C=O) groups is 2. The number of carbonyl (C=O) groups excluding carboxylic acids is 2. The molecule has 13 heteroatoms. The molecule has 4 bridgehead atoms. The molecule has 5 heterocycles. The molecule has 2 unspecified atom stereocenters. The highest BCUT2D eigenvalue weighted by Gasteiger charge is 2.61. The number of hydrogen-bond acceptors (Lipinski definition) is 10. The SMILES string of the molecule is CC(C)[C@H](O)C(=O)N[C@H]1Cc2ccc3c(c2)C2(c4cc(F)ccc4N[C@H]2O3)c2oc(nc2-c2nc(C#N)co2)C(C(C)(C)C)NC1=O. The average Bonchev–Trinajstić information content (AvgIpc) is 3.79. The van der Waals surface area contributed by atoms with Crippen LogP contribution in [0.4, 0.5) is 10.1 Å². The van der Waals surface area contributed by atoms with E-state index in [1.165, 1.54) is 18.4 Å². The minimum absolute atomic E-state index is 0.00389. The van der Waals surface area contributed by atoms with Gasteiger partial charge in [0.1, 0.15) is 47.5 Å². The Morgan fingerprint density at radius 3 is 2.66 bits per heavy atom. The van der Waals surface area contributed by atoms with E-state index in [0.29, 0.717) is 28.1 Å². The second-order valence-corrected chi connectivity index (χ2v) is 13.6. The summed E-state index contributed by atoms with van der Waals surface area (Å²) in [5.41, 5.74) is 0.576. The van der Waals surface area contributed by atoms with Gasteiger partial charge in [-0.3, -0.25) is 9.59 Å². The molecule has 242 valence electrons. The summed E-state index contributed by atoms with van der Waals surface area (Å²) in [6, 6.07) is 9.80. The molecule has 12 nitrogen and oxygen atoms in total. The summed E-state index contributed by atoms with van der Waals surface area (Å²) in [4.78, 5) is 36.3. The molecule has 0 fully saturated rings. The Bertz CT molecular complexity index is 1970. The van der Waals surface area contributed by atoms with Gasteiger partial charge in [-0.15, -0.1) is 0 Å². The Morgan fingerprint density at radius 2 is 1.96 bits per heavy atom. The van der Waals surface area contributed by atoms with Gasteiger partial charge in [0.2, 0.25) is 23.6 Å². The van der Waals surface area contributed by atoms with Crippen LogP contribution in [0, 0.1) is 28.5 Å². The summed E-state index contributed by atoms with van der Waals surface area (Å²) in [6.07, 6.45) is -0.860. The molecule has 0 aliphatic carbocycles. The number of nitrogens with one attached hydrogen (secondary N) is 3. The number of amides is 2. The van der Waals surface area contributed by atoms with Crippen molar-refractivity contribution in [1.29, 1.82) is 5.26 Å². The Labute approximate surface area is 269 Å². The van der Waals surface area contributed by atoms with Gasteiger partial charge in [0.15, 0.2) is 23.4 Å². The van der Waals surface area contributed by atoms with Crippen LogP contribution in [0.5, 0.6) is 5.75 Å². The predicted octanol–water partition coefficient (Wildman–Crippen LogP) is 4.08. The molecule has 2 aromatic carbocycles. The highest BCUT2D eigenvalue weighted by atomic mass is 19.1. The third kappa shape index (κ3) is 4.74. The highest BCUT2D eigenvalue weighted by Crippen LogP contribution is 2.59. The monoisotopic (exact) mass is 640 g/mol. The van der Waals surface area contributed by atoms with Crippen molar-refractivity contribution in [3.05, 3.63) is 82.5 Å². The molecule has 4 N–H and O–H groups in total. The van der Waals surface area contributed by atoms with Crippen LogP contribution in [-0.2, 0) is 21.4 Å². The van der Waals surface area contributed by atoms with Gasteiger partial charge in [-0.25, -0.2) is 9.37 Å². The minimum atomic E-state index is -1.33. The average molecular weight is 641 g/mol. The second-order valence-electron chi connectivity index (χ2n) is 13.6. The van der Waals surface area contributed by atoms with Crippen molar-refractivity contribution < 1.29 is 32.7 Å². The number of anilines is 1. The van der Waals surface area contributed by atoms with Crippen LogP contribution < -0.4 is 20.7 Å². The number of aliphatic hydroxyl groups is 1. The lowest BCUT2D eigenvalue weighted by atomic mass is 9.72. The van der Waals surface area contributed by atoms with Crippen molar-refractivity contribution in [3.8, 4) is 23.4 Å². The van der Waals surface area contributed by atoms with E-state index in [1.54, 1.807) is 32.0 Å². The molecule has 0 radical (unpaired) electrons. The van der Waals surface area contributed by atoms with Crippen LogP contribution in [0.15, 0.2) is 51.5 Å². The minimum Gasteiger partial charge on any atom is -0.469 e. The molecule has 3 aliphatic rings. The molecule has 1 spiro atoms.